The van der Waals surface area contributed by atoms with Crippen molar-refractivity contribution in [1.29, 1.82) is 0 Å². The van der Waals surface area contributed by atoms with Crippen LogP contribution < -0.4 is 0 Å². The maximum atomic E-state index is 11.6. The Morgan fingerprint density at radius 3 is 1.64 bits per heavy atom. The molecule has 0 nitrogen and oxygen atoms in total. The van der Waals surface area contributed by atoms with Gasteiger partial charge in [0, 0.05) is 0 Å². The van der Waals surface area contributed by atoms with E-state index in [2.05, 4.69) is 6.92 Å². The summed E-state index contributed by atoms with van der Waals surface area (Å²) in [5.74, 6) is 0. The van der Waals surface area contributed by atoms with E-state index in [0.717, 1.165) is 19.3 Å². The van der Waals surface area contributed by atoms with Gasteiger partial charge >= 0.3 is 0 Å². The molecule has 0 amide bonds. The topological polar surface area (TPSA) is 0 Å². The monoisotopic (exact) mass is 159 g/mol. The fraction of sp³-hybridized carbons (Fsp3) is 0.900. The van der Waals surface area contributed by atoms with Crippen LogP contribution in [0.15, 0.2) is 0 Å². The van der Waals surface area contributed by atoms with Gasteiger partial charge in [0.25, 0.3) is 0 Å². The molecule has 0 aliphatic heterocycles. The quantitative estimate of drug-likeness (QED) is 0.471. The van der Waals surface area contributed by atoms with Gasteiger partial charge in [0.2, 0.25) is 0 Å². The van der Waals surface area contributed by atoms with E-state index in [1.807, 2.05) is 0 Å². The Morgan fingerprint density at radius 1 is 0.727 bits per heavy atom. The second kappa shape index (κ2) is 9.93. The van der Waals surface area contributed by atoms with E-state index in [-0.39, 0.29) is 6.67 Å². The minimum Gasteiger partial charge on any atom is -0.251 e. The Hall–Kier alpha value is -0.0700. The molecule has 0 heterocycles. The molecule has 0 unspecified atom stereocenters. The van der Waals surface area contributed by atoms with Gasteiger partial charge in [0.05, 0.1) is 6.67 Å². The normalized spacial score (nSPS) is 10.4. The van der Waals surface area contributed by atoms with Crippen LogP contribution in [0.3, 0.4) is 0 Å². The second-order valence-corrected chi connectivity index (χ2v) is 3.02. The lowest BCUT2D eigenvalue weighted by Gasteiger charge is -1.98. The third-order valence-corrected chi connectivity index (χ3v) is 1.88. The summed E-state index contributed by atoms with van der Waals surface area (Å²) in [6.45, 7) is 3.64. The van der Waals surface area contributed by atoms with Crippen molar-refractivity contribution in [2.45, 2.75) is 51.4 Å². The van der Waals surface area contributed by atoms with E-state index in [9.17, 15) is 4.39 Å². The third-order valence-electron chi connectivity index (χ3n) is 1.88. The summed E-state index contributed by atoms with van der Waals surface area (Å²) < 4.78 is 11.6. The van der Waals surface area contributed by atoms with Gasteiger partial charge in [0.1, 0.15) is 0 Å². The first-order valence-corrected chi connectivity index (χ1v) is 4.77. The fourth-order valence-corrected chi connectivity index (χ4v) is 1.16. The fourth-order valence-electron chi connectivity index (χ4n) is 1.16. The first kappa shape index (κ1) is 10.9. The summed E-state index contributed by atoms with van der Waals surface area (Å²) >= 11 is 0. The zero-order chi connectivity index (χ0) is 8.36. The van der Waals surface area contributed by atoms with Gasteiger partial charge in [-0.3, -0.25) is 4.39 Å². The number of hydrogen-bond acceptors (Lipinski definition) is 0. The molecule has 1 heteroatoms. The Balaban J connectivity index is 2.69. The average Bonchev–Trinajstić information content (AvgIpc) is 2.03. The molecular weight excluding hydrogens is 139 g/mol. The number of unbranched alkanes of at least 4 members (excludes halogenated alkanes) is 7. The van der Waals surface area contributed by atoms with E-state index >= 15 is 0 Å². The molecule has 0 spiro atoms. The Morgan fingerprint density at radius 2 is 1.18 bits per heavy atom. The Kier molecular flexibility index (Phi) is 9.87. The molecule has 0 bridgehead atoms. The summed E-state index contributed by atoms with van der Waals surface area (Å²) in [4.78, 5) is 0. The largest absolute Gasteiger partial charge is 0.251 e. The van der Waals surface area contributed by atoms with Crippen LogP contribution in [0.4, 0.5) is 4.39 Å². The first-order chi connectivity index (χ1) is 5.41. The minimum absolute atomic E-state index is 0.140. The van der Waals surface area contributed by atoms with Gasteiger partial charge in [0.15, 0.2) is 0 Å². The predicted molar refractivity (Wildman–Crippen MR) is 48.3 cm³/mol. The maximum Gasteiger partial charge on any atom is 0.0894 e. The summed E-state index contributed by atoms with van der Waals surface area (Å²) in [5.41, 5.74) is 0. The van der Waals surface area contributed by atoms with Gasteiger partial charge in [-0.1, -0.05) is 51.9 Å². The van der Waals surface area contributed by atoms with Crippen LogP contribution in [0.5, 0.6) is 0 Å². The van der Waals surface area contributed by atoms with Crippen molar-refractivity contribution >= 4 is 0 Å². The van der Waals surface area contributed by atoms with E-state index in [1.165, 1.54) is 32.1 Å². The van der Waals surface area contributed by atoms with E-state index in [1.54, 1.807) is 0 Å². The van der Waals surface area contributed by atoms with E-state index < -0.39 is 0 Å². The summed E-state index contributed by atoms with van der Waals surface area (Å²) in [6, 6.07) is 0. The SMILES string of the molecule is [CH2]CCCCCCCCCF. The number of rotatable bonds is 8. The van der Waals surface area contributed by atoms with Crippen molar-refractivity contribution < 1.29 is 4.39 Å². The molecular formula is C10H20F. The maximum absolute atomic E-state index is 11.6. The highest BCUT2D eigenvalue weighted by molar-refractivity contribution is 4.46. The zero-order valence-electron chi connectivity index (χ0n) is 7.45. The van der Waals surface area contributed by atoms with E-state index in [4.69, 9.17) is 0 Å². The molecule has 0 aliphatic rings. The Labute approximate surface area is 70.2 Å². The van der Waals surface area contributed by atoms with Crippen LogP contribution in [0.2, 0.25) is 0 Å². The van der Waals surface area contributed by atoms with Crippen molar-refractivity contribution in [3.05, 3.63) is 6.92 Å². The number of alkyl halides is 1. The van der Waals surface area contributed by atoms with Crippen molar-refractivity contribution in [2.75, 3.05) is 6.67 Å². The molecule has 0 saturated carbocycles. The molecule has 67 valence electrons. The van der Waals surface area contributed by atoms with Crippen molar-refractivity contribution in [3.63, 3.8) is 0 Å². The van der Waals surface area contributed by atoms with Gasteiger partial charge < -0.3 is 0 Å². The standard InChI is InChI=1S/C10H20F/c1-2-3-4-5-6-7-8-9-10-11/h1-10H2. The molecule has 0 fully saturated rings. The molecule has 0 aliphatic carbocycles. The van der Waals surface area contributed by atoms with Crippen molar-refractivity contribution in [2.24, 2.45) is 0 Å². The zero-order valence-corrected chi connectivity index (χ0v) is 7.45. The highest BCUT2D eigenvalue weighted by Gasteiger charge is 1.89. The molecule has 0 aromatic rings. The molecule has 0 rings (SSSR count). The molecule has 0 aromatic carbocycles. The lowest BCUT2D eigenvalue weighted by atomic mass is 10.1. The van der Waals surface area contributed by atoms with Gasteiger partial charge in [-0.05, 0) is 6.42 Å². The number of hydrogen-bond donors (Lipinski definition) is 0. The van der Waals surface area contributed by atoms with Crippen LogP contribution >= 0.6 is 0 Å². The van der Waals surface area contributed by atoms with Gasteiger partial charge in [-0.15, -0.1) is 0 Å². The predicted octanol–water partition coefficient (Wildman–Crippen LogP) is 3.91. The smallest absolute Gasteiger partial charge is 0.0894 e. The summed E-state index contributed by atoms with van der Waals surface area (Å²) in [7, 11) is 0. The second-order valence-electron chi connectivity index (χ2n) is 3.02. The van der Waals surface area contributed by atoms with Gasteiger partial charge in [-0.2, -0.15) is 0 Å². The average molecular weight is 159 g/mol. The third kappa shape index (κ3) is 9.93. The van der Waals surface area contributed by atoms with Crippen LogP contribution in [0, 0.1) is 6.92 Å². The molecule has 0 N–H and O–H groups in total. The molecule has 11 heavy (non-hydrogen) atoms. The lowest BCUT2D eigenvalue weighted by molar-refractivity contribution is 0.449. The summed E-state index contributed by atoms with van der Waals surface area (Å²) in [5, 5.41) is 0. The Bertz CT molecular complexity index is 53.9. The highest BCUT2D eigenvalue weighted by Crippen LogP contribution is 2.07. The molecule has 0 atom stereocenters. The lowest BCUT2D eigenvalue weighted by Crippen LogP contribution is -1.81. The van der Waals surface area contributed by atoms with Crippen LogP contribution in [0.1, 0.15) is 51.4 Å². The van der Waals surface area contributed by atoms with Crippen LogP contribution in [0.25, 0.3) is 0 Å². The molecule has 0 aromatic heterocycles. The van der Waals surface area contributed by atoms with Crippen molar-refractivity contribution in [1.82, 2.24) is 0 Å². The van der Waals surface area contributed by atoms with E-state index in [0.29, 0.717) is 0 Å². The first-order valence-electron chi connectivity index (χ1n) is 4.77. The van der Waals surface area contributed by atoms with Crippen LogP contribution in [-0.4, -0.2) is 6.67 Å². The van der Waals surface area contributed by atoms with Crippen LogP contribution in [-0.2, 0) is 0 Å². The number of halogens is 1. The highest BCUT2D eigenvalue weighted by atomic mass is 19.1. The molecule has 1 radical (unpaired) electrons. The molecule has 0 saturated heterocycles. The summed E-state index contributed by atoms with van der Waals surface area (Å²) in [6.07, 6.45) is 9.24. The van der Waals surface area contributed by atoms with Crippen molar-refractivity contribution in [3.8, 4) is 0 Å². The minimum atomic E-state index is -0.140. The van der Waals surface area contributed by atoms with Gasteiger partial charge in [-0.25, -0.2) is 0 Å².